The van der Waals surface area contributed by atoms with E-state index < -0.39 is 4.30 Å². The minimum absolute atomic E-state index is 0.739. The van der Waals surface area contributed by atoms with E-state index >= 15 is 0 Å². The maximum Gasteiger partial charge on any atom is 0.160 e. The fourth-order valence-corrected chi connectivity index (χ4v) is 1.96. The van der Waals surface area contributed by atoms with Crippen LogP contribution in [-0.2, 0) is 0 Å². The predicted molar refractivity (Wildman–Crippen MR) is 112 cm³/mol. The van der Waals surface area contributed by atoms with Crippen LogP contribution in [0.1, 0.15) is 0 Å². The molecule has 0 amide bonds. The summed E-state index contributed by atoms with van der Waals surface area (Å²) in [5.74, 6) is 0. The molecule has 0 spiro atoms. The molecule has 0 aliphatic rings. The molecule has 0 aliphatic heterocycles. The van der Waals surface area contributed by atoms with Crippen LogP contribution in [0.3, 0.4) is 0 Å². The van der Waals surface area contributed by atoms with Crippen molar-refractivity contribution < 1.29 is 0 Å². The topological polar surface area (TPSA) is 72.7 Å². The molecule has 0 aromatic carbocycles. The number of hydrogen-bond acceptors (Lipinski definition) is 6. The second-order valence-electron chi connectivity index (χ2n) is 4.06. The number of hydrogen-bond donors (Lipinski definition) is 1. The fourth-order valence-electron chi connectivity index (χ4n) is 1.58. The van der Waals surface area contributed by atoms with Gasteiger partial charge in [0.1, 0.15) is 6.33 Å². The van der Waals surface area contributed by atoms with Crippen LogP contribution in [0, 0.1) is 0 Å². The zero-order valence-corrected chi connectivity index (χ0v) is 17.7. The van der Waals surface area contributed by atoms with Crippen molar-refractivity contribution in [3.63, 3.8) is 0 Å². The van der Waals surface area contributed by atoms with Crippen molar-refractivity contribution in [1.29, 1.82) is 0 Å². The number of nitrogens with zero attached hydrogens (tertiary/aromatic N) is 7. The summed E-state index contributed by atoms with van der Waals surface area (Å²) >= 11 is 20.9. The third-order valence-electron chi connectivity index (χ3n) is 2.48. The third-order valence-corrected chi connectivity index (χ3v) is 3.02. The van der Waals surface area contributed by atoms with Crippen molar-refractivity contribution in [3.8, 4) is 0 Å². The first-order valence-corrected chi connectivity index (χ1v) is 9.16. The largest absolute Gasteiger partial charge is 0.289 e. The predicted octanol–water partition coefficient (Wildman–Crippen LogP) is 4.39. The van der Waals surface area contributed by atoms with Gasteiger partial charge in [0.05, 0.1) is 0 Å². The van der Waals surface area contributed by atoms with Crippen LogP contribution in [0.25, 0.3) is 11.3 Å². The average Bonchev–Trinajstić information content (AvgIpc) is 3.23. The van der Waals surface area contributed by atoms with Crippen LogP contribution in [0.5, 0.6) is 0 Å². The van der Waals surface area contributed by atoms with Crippen LogP contribution >= 0.6 is 63.5 Å². The molecule has 7 nitrogen and oxygen atoms in total. The van der Waals surface area contributed by atoms with Gasteiger partial charge in [-0.05, 0) is 40.2 Å². The van der Waals surface area contributed by atoms with Crippen LogP contribution in [0.2, 0.25) is 0 Å². The summed E-state index contributed by atoms with van der Waals surface area (Å²) in [5.41, 5.74) is 1.74. The number of halogens is 4. The van der Waals surface area contributed by atoms with Gasteiger partial charge in [0.2, 0.25) is 4.73 Å². The van der Waals surface area contributed by atoms with Crippen molar-refractivity contribution in [2.24, 2.45) is 4.30 Å². The van der Waals surface area contributed by atoms with Crippen LogP contribution in [-0.4, -0.2) is 41.1 Å². The molecule has 0 bridgehead atoms. The van der Waals surface area contributed by atoms with Crippen LogP contribution in [0.15, 0.2) is 64.2 Å². The molecule has 26 heavy (non-hydrogen) atoms. The zero-order chi connectivity index (χ0) is 19.4. The molecule has 4 aromatic rings. The van der Waals surface area contributed by atoms with Gasteiger partial charge in [-0.15, -0.1) is 20.4 Å². The van der Waals surface area contributed by atoms with E-state index in [9.17, 15) is 0 Å². The molecular formula is C13H11BBrCl3N7S. The van der Waals surface area contributed by atoms with E-state index in [4.69, 9.17) is 34.8 Å². The van der Waals surface area contributed by atoms with Gasteiger partial charge in [-0.25, -0.2) is 0 Å². The molecule has 0 fully saturated rings. The first kappa shape index (κ1) is 22.8. The van der Waals surface area contributed by atoms with Gasteiger partial charge in [-0.1, -0.05) is 46.9 Å². The van der Waals surface area contributed by atoms with E-state index in [0.29, 0.717) is 0 Å². The van der Waals surface area contributed by atoms with Crippen LogP contribution in [0.4, 0.5) is 0 Å². The SMILES string of the molecule is Brc1nnc2ccccn12.ClC(Cl)Cl.[B]=NS.c1ccn2cnnc2c1. The second kappa shape index (κ2) is 13.0. The molecule has 0 unspecified atom stereocenters. The Hall–Kier alpha value is -1.20. The zero-order valence-electron chi connectivity index (χ0n) is 12.9. The Morgan fingerprint density at radius 1 is 1.00 bits per heavy atom. The summed E-state index contributed by atoms with van der Waals surface area (Å²) < 4.78 is 6.41. The number of pyridine rings is 2. The first-order chi connectivity index (χ1) is 12.5. The quantitative estimate of drug-likeness (QED) is 0.224. The van der Waals surface area contributed by atoms with Gasteiger partial charge in [0.25, 0.3) is 0 Å². The molecule has 135 valence electrons. The summed E-state index contributed by atoms with van der Waals surface area (Å²) in [7, 11) is 4.34. The smallest absolute Gasteiger partial charge is 0.160 e. The maximum atomic E-state index is 4.81. The van der Waals surface area contributed by atoms with Crippen molar-refractivity contribution in [1.82, 2.24) is 29.2 Å². The average molecular weight is 494 g/mol. The molecule has 0 saturated heterocycles. The Morgan fingerprint density at radius 3 is 2.15 bits per heavy atom. The van der Waals surface area contributed by atoms with Gasteiger partial charge >= 0.3 is 24.8 Å². The van der Waals surface area contributed by atoms with E-state index in [0.717, 1.165) is 16.0 Å². The van der Waals surface area contributed by atoms with Gasteiger partial charge in [0.15, 0.2) is 15.6 Å². The van der Waals surface area contributed by atoms with Gasteiger partial charge in [-0.2, -0.15) is 0 Å². The van der Waals surface area contributed by atoms with Crippen molar-refractivity contribution in [2.45, 2.75) is 4.30 Å². The van der Waals surface area contributed by atoms with E-state index in [1.807, 2.05) is 57.6 Å². The van der Waals surface area contributed by atoms with E-state index in [1.54, 1.807) is 6.33 Å². The Balaban J connectivity index is 0.000000195. The normalized spacial score (nSPS) is 9.42. The fraction of sp³-hybridized carbons (Fsp3) is 0.0769. The van der Waals surface area contributed by atoms with E-state index in [2.05, 4.69) is 61.1 Å². The minimum atomic E-state index is -0.750. The summed E-state index contributed by atoms with van der Waals surface area (Å²) in [5, 5.41) is 15.3. The molecule has 0 saturated carbocycles. The molecule has 4 heterocycles. The summed E-state index contributed by atoms with van der Waals surface area (Å²) in [6, 6.07) is 11.5. The number of alkyl halides is 3. The van der Waals surface area contributed by atoms with Crippen molar-refractivity contribution in [3.05, 3.63) is 59.9 Å². The Bertz CT molecular complexity index is 888. The van der Waals surface area contributed by atoms with Crippen molar-refractivity contribution in [2.75, 3.05) is 0 Å². The van der Waals surface area contributed by atoms with Gasteiger partial charge < -0.3 is 0 Å². The van der Waals surface area contributed by atoms with E-state index in [1.165, 1.54) is 0 Å². The molecule has 4 aromatic heterocycles. The Kier molecular flexibility index (Phi) is 11.5. The Morgan fingerprint density at radius 2 is 1.58 bits per heavy atom. The van der Waals surface area contributed by atoms with Crippen LogP contribution < -0.4 is 0 Å². The standard InChI is InChI=1S/C6H4BrN3.C6H5N3.CHCl3.BHNS/c7-6-9-8-5-3-1-2-4-10(5)6;1-2-4-9-5-7-8-6(9)3-1;2-1(3)4;1-2-3/h1-4H;1-5H;1H;3H. The monoisotopic (exact) mass is 492 g/mol. The van der Waals surface area contributed by atoms with Gasteiger partial charge in [-0.3, -0.25) is 8.80 Å². The number of fused-ring (bicyclic) bond motifs is 2. The minimum Gasteiger partial charge on any atom is -0.289 e. The summed E-state index contributed by atoms with van der Waals surface area (Å²) in [4.78, 5) is 0. The van der Waals surface area contributed by atoms with Gasteiger partial charge in [0, 0.05) is 12.4 Å². The maximum absolute atomic E-state index is 4.81. The molecule has 4 rings (SSSR count). The van der Waals surface area contributed by atoms with E-state index in [-0.39, 0.29) is 0 Å². The number of aromatic nitrogens is 6. The molecule has 0 aliphatic carbocycles. The number of rotatable bonds is 0. The first-order valence-electron chi connectivity index (χ1n) is 6.65. The summed E-state index contributed by atoms with van der Waals surface area (Å²) in [6.45, 7) is 0. The molecule has 0 atom stereocenters. The molecule has 1 radical (unpaired) electrons. The second-order valence-corrected chi connectivity index (χ2v) is 6.98. The summed E-state index contributed by atoms with van der Waals surface area (Å²) in [6.07, 6.45) is 5.49. The molecular weight excluding hydrogens is 483 g/mol. The molecule has 0 N–H and O–H groups in total. The molecule has 13 heteroatoms. The number of thiol groups is 1. The van der Waals surface area contributed by atoms with Crippen molar-refractivity contribution >= 4 is 82.5 Å². The third kappa shape index (κ3) is 8.46. The Labute approximate surface area is 179 Å².